The Hall–Kier alpha value is -0.696. The molecular weight excluding hydrogens is 291 g/mol. The maximum Gasteiger partial charge on any atom is 0.0843 e. The second-order valence-electron chi connectivity index (χ2n) is 7.46. The van der Waals surface area contributed by atoms with Crippen molar-refractivity contribution in [3.05, 3.63) is 42.5 Å². The van der Waals surface area contributed by atoms with Gasteiger partial charge in [0.25, 0.3) is 0 Å². The summed E-state index contributed by atoms with van der Waals surface area (Å²) in [5.74, 6) is 0. The Labute approximate surface area is 127 Å². The van der Waals surface area contributed by atoms with Crippen molar-refractivity contribution in [2.24, 2.45) is 0 Å². The van der Waals surface area contributed by atoms with Gasteiger partial charge in [-0.3, -0.25) is 0 Å². The van der Waals surface area contributed by atoms with E-state index >= 15 is 0 Å². The van der Waals surface area contributed by atoms with Gasteiger partial charge in [-0.1, -0.05) is 89.9 Å². The fraction of sp³-hybridized carbons (Fsp3) is 0.353. The number of rotatable bonds is 3. The highest BCUT2D eigenvalue weighted by Crippen LogP contribution is 2.24. The Balaban J connectivity index is 2.65. The topological polar surface area (TPSA) is 0 Å². The van der Waals surface area contributed by atoms with E-state index in [9.17, 15) is 0 Å². The summed E-state index contributed by atoms with van der Waals surface area (Å²) in [7, 11) is -1.00. The lowest BCUT2D eigenvalue weighted by atomic mass is 10.1. The Morgan fingerprint density at radius 1 is 0.700 bits per heavy atom. The van der Waals surface area contributed by atoms with Gasteiger partial charge in [-0.25, -0.2) is 0 Å². The molecule has 3 heteroatoms. The van der Waals surface area contributed by atoms with Gasteiger partial charge >= 0.3 is 0 Å². The van der Waals surface area contributed by atoms with Crippen LogP contribution in [0, 0.1) is 0 Å². The van der Waals surface area contributed by atoms with Crippen LogP contribution in [0.25, 0.3) is 11.1 Å². The number of benzene rings is 1. The average molecular weight is 317 g/mol. The van der Waals surface area contributed by atoms with Crippen molar-refractivity contribution in [1.29, 1.82) is 0 Å². The van der Waals surface area contributed by atoms with E-state index in [0.717, 1.165) is 0 Å². The Morgan fingerprint density at radius 3 is 1.80 bits per heavy atom. The SMILES string of the molecule is C[Si](C)(C)c1ccc(-c2ccccc2)c([Si](C)(C)C)p1. The molecule has 0 atom stereocenters. The highest BCUT2D eigenvalue weighted by Gasteiger charge is 2.25. The standard InChI is InChI=1S/C17H25PSi2/c1-19(2,3)16-13-12-15(14-10-8-7-9-11-14)17(18-16)20(4,5)6/h7-13H,1-6H3. The van der Waals surface area contributed by atoms with Crippen molar-refractivity contribution in [2.45, 2.75) is 39.3 Å². The van der Waals surface area contributed by atoms with E-state index in [-0.39, 0.29) is 0 Å². The van der Waals surface area contributed by atoms with Gasteiger partial charge in [0.15, 0.2) is 0 Å². The highest BCUT2D eigenvalue weighted by molar-refractivity contribution is 7.49. The lowest BCUT2D eigenvalue weighted by Gasteiger charge is -2.25. The van der Waals surface area contributed by atoms with Crippen LogP contribution in [0.5, 0.6) is 0 Å². The van der Waals surface area contributed by atoms with Crippen molar-refractivity contribution in [2.75, 3.05) is 0 Å². The Kier molecular flexibility index (Phi) is 4.39. The minimum Gasteiger partial charge on any atom is -0.0779 e. The Bertz CT molecular complexity index is 593. The molecule has 0 N–H and O–H groups in total. The zero-order chi connectivity index (χ0) is 15.0. The van der Waals surface area contributed by atoms with Crippen molar-refractivity contribution >= 4 is 34.2 Å². The molecule has 1 heterocycles. The molecule has 0 nitrogen and oxygen atoms in total. The molecule has 0 bridgehead atoms. The largest absolute Gasteiger partial charge is 0.0843 e. The van der Waals surface area contributed by atoms with Crippen LogP contribution in [0.2, 0.25) is 39.3 Å². The van der Waals surface area contributed by atoms with Gasteiger partial charge in [0.2, 0.25) is 0 Å². The summed E-state index contributed by atoms with van der Waals surface area (Å²) in [6.45, 7) is 14.8. The van der Waals surface area contributed by atoms with Crippen LogP contribution in [-0.2, 0) is 0 Å². The van der Waals surface area contributed by atoms with Crippen LogP contribution in [-0.4, -0.2) is 16.1 Å². The fourth-order valence-electron chi connectivity index (χ4n) is 2.30. The molecule has 0 aliphatic carbocycles. The lowest BCUT2D eigenvalue weighted by molar-refractivity contribution is 1.66. The fourth-order valence-corrected chi connectivity index (χ4v) is 8.35. The van der Waals surface area contributed by atoms with E-state index in [2.05, 4.69) is 81.7 Å². The molecule has 0 spiro atoms. The van der Waals surface area contributed by atoms with E-state index in [4.69, 9.17) is 0 Å². The van der Waals surface area contributed by atoms with Crippen molar-refractivity contribution in [3.8, 4) is 11.1 Å². The summed E-state index contributed by atoms with van der Waals surface area (Å²) < 4.78 is 0. The van der Waals surface area contributed by atoms with Crippen molar-refractivity contribution in [1.82, 2.24) is 0 Å². The monoisotopic (exact) mass is 316 g/mol. The zero-order valence-electron chi connectivity index (χ0n) is 13.5. The minimum absolute atomic E-state index is 1.20. The van der Waals surface area contributed by atoms with Gasteiger partial charge < -0.3 is 0 Å². The first-order valence-corrected chi connectivity index (χ1v) is 15.2. The maximum atomic E-state index is 2.47. The molecule has 0 radical (unpaired) electrons. The van der Waals surface area contributed by atoms with Crippen LogP contribution < -0.4 is 9.84 Å². The van der Waals surface area contributed by atoms with Gasteiger partial charge in [-0.2, -0.15) is 0 Å². The molecule has 2 rings (SSSR count). The summed E-state index contributed by atoms with van der Waals surface area (Å²) in [5.41, 5.74) is 2.86. The van der Waals surface area contributed by atoms with E-state index in [1.54, 1.807) is 9.84 Å². The first kappa shape index (κ1) is 15.7. The smallest absolute Gasteiger partial charge is 0.0779 e. The molecule has 0 aliphatic heterocycles. The summed E-state index contributed by atoms with van der Waals surface area (Å²) >= 11 is 0. The van der Waals surface area contributed by atoms with Gasteiger partial charge in [0, 0.05) is 0 Å². The van der Waals surface area contributed by atoms with Crippen molar-refractivity contribution in [3.63, 3.8) is 0 Å². The Morgan fingerprint density at radius 2 is 1.30 bits per heavy atom. The molecule has 0 aliphatic rings. The van der Waals surface area contributed by atoms with E-state index in [0.29, 0.717) is 0 Å². The van der Waals surface area contributed by atoms with Crippen LogP contribution in [0.15, 0.2) is 42.5 Å². The van der Waals surface area contributed by atoms with Gasteiger partial charge in [-0.15, -0.1) is 0 Å². The first-order valence-electron chi connectivity index (χ1n) is 7.27. The molecule has 0 saturated heterocycles. The second-order valence-corrected chi connectivity index (χ2v) is 19.5. The zero-order valence-corrected chi connectivity index (χ0v) is 16.4. The summed E-state index contributed by atoms with van der Waals surface area (Å²) in [6, 6.07) is 15.7. The number of hydrogen-bond donors (Lipinski definition) is 0. The summed E-state index contributed by atoms with van der Waals surface area (Å²) in [6.07, 6.45) is 0. The molecule has 0 saturated carbocycles. The molecule has 1 aromatic heterocycles. The minimum atomic E-state index is -1.31. The number of hydrogen-bond acceptors (Lipinski definition) is 0. The quantitative estimate of drug-likeness (QED) is 0.697. The van der Waals surface area contributed by atoms with E-state index < -0.39 is 16.1 Å². The molecule has 0 unspecified atom stereocenters. The molecule has 0 fully saturated rings. The maximum absolute atomic E-state index is 2.47. The third-order valence-corrected chi connectivity index (χ3v) is 12.4. The third kappa shape index (κ3) is 3.49. The molecule has 20 heavy (non-hydrogen) atoms. The summed E-state index contributed by atoms with van der Waals surface area (Å²) in [5, 5.41) is 0. The molecule has 2 aromatic rings. The molecule has 1 aromatic carbocycles. The normalized spacial score (nSPS) is 12.9. The molecule has 0 amide bonds. The van der Waals surface area contributed by atoms with Crippen molar-refractivity contribution < 1.29 is 0 Å². The third-order valence-electron chi connectivity index (χ3n) is 3.46. The predicted octanol–water partition coefficient (Wildman–Crippen LogP) is 5.02. The first-order chi connectivity index (χ1) is 9.19. The second kappa shape index (κ2) is 5.59. The van der Waals surface area contributed by atoms with Crippen LogP contribution >= 0.6 is 8.19 Å². The highest BCUT2D eigenvalue weighted by atomic mass is 31.0. The van der Waals surface area contributed by atoms with Crippen LogP contribution in [0.4, 0.5) is 0 Å². The van der Waals surface area contributed by atoms with Gasteiger partial charge in [0.05, 0.1) is 16.1 Å². The van der Waals surface area contributed by atoms with E-state index in [1.807, 2.05) is 0 Å². The lowest BCUT2D eigenvalue weighted by Crippen LogP contribution is -2.42. The van der Waals surface area contributed by atoms with E-state index in [1.165, 1.54) is 19.3 Å². The van der Waals surface area contributed by atoms with Gasteiger partial charge in [-0.05, 0) is 21.0 Å². The molecule has 106 valence electrons. The van der Waals surface area contributed by atoms with Crippen LogP contribution in [0.1, 0.15) is 0 Å². The summed E-state index contributed by atoms with van der Waals surface area (Å²) in [4.78, 5) is 3.37. The van der Waals surface area contributed by atoms with Gasteiger partial charge in [0.1, 0.15) is 0 Å². The molecular formula is C17H25PSi2. The average Bonchev–Trinajstić information content (AvgIpc) is 2.37. The van der Waals surface area contributed by atoms with Crippen LogP contribution in [0.3, 0.4) is 0 Å². The predicted molar refractivity (Wildman–Crippen MR) is 100 cm³/mol.